The maximum absolute atomic E-state index is 10.6. The van der Waals surface area contributed by atoms with Crippen molar-refractivity contribution in [1.82, 2.24) is 9.97 Å². The highest BCUT2D eigenvalue weighted by Gasteiger charge is 2.08. The van der Waals surface area contributed by atoms with E-state index in [-0.39, 0.29) is 5.69 Å². The molecule has 0 aliphatic heterocycles. The summed E-state index contributed by atoms with van der Waals surface area (Å²) in [5, 5.41) is 14.3. The molecule has 1 heterocycles. The van der Waals surface area contributed by atoms with E-state index in [0.29, 0.717) is 5.95 Å². The van der Waals surface area contributed by atoms with Crippen molar-refractivity contribution in [2.24, 2.45) is 0 Å². The van der Waals surface area contributed by atoms with Crippen LogP contribution >= 0.6 is 11.8 Å². The number of rotatable bonds is 4. The molecule has 0 unspecified atom stereocenters. The lowest BCUT2D eigenvalue weighted by molar-refractivity contribution is -0.384. The standard InChI is InChI=1S/C12H12N4O2S/c1-8-7-14-12(13-2)15-11(8)19-10-5-3-9(4-6-10)16(17)18/h3-7H,1-2H3,(H,13,14,15). The second-order valence-electron chi connectivity index (χ2n) is 3.78. The lowest BCUT2D eigenvalue weighted by Gasteiger charge is -2.06. The molecular weight excluding hydrogens is 264 g/mol. The van der Waals surface area contributed by atoms with Gasteiger partial charge in [0, 0.05) is 35.8 Å². The fraction of sp³-hybridized carbons (Fsp3) is 0.167. The van der Waals surface area contributed by atoms with Crippen molar-refractivity contribution in [3.63, 3.8) is 0 Å². The smallest absolute Gasteiger partial charge is 0.269 e. The van der Waals surface area contributed by atoms with Crippen molar-refractivity contribution in [3.8, 4) is 0 Å². The Bertz CT molecular complexity index is 601. The van der Waals surface area contributed by atoms with Crippen LogP contribution in [0.2, 0.25) is 0 Å². The molecule has 2 aromatic rings. The highest BCUT2D eigenvalue weighted by atomic mass is 32.2. The minimum Gasteiger partial charge on any atom is -0.357 e. The van der Waals surface area contributed by atoms with Gasteiger partial charge in [0.05, 0.1) is 4.92 Å². The minimum absolute atomic E-state index is 0.0830. The number of non-ortho nitro benzene ring substituents is 1. The number of benzene rings is 1. The molecule has 0 saturated carbocycles. The molecule has 0 fully saturated rings. The van der Waals surface area contributed by atoms with Crippen LogP contribution in [0.15, 0.2) is 40.4 Å². The number of nitro benzene ring substituents is 1. The van der Waals surface area contributed by atoms with Crippen molar-refractivity contribution in [3.05, 3.63) is 46.1 Å². The zero-order chi connectivity index (χ0) is 13.8. The Balaban J connectivity index is 2.23. The van der Waals surface area contributed by atoms with Crippen molar-refractivity contribution in [2.45, 2.75) is 16.8 Å². The van der Waals surface area contributed by atoms with Crippen LogP contribution in [0.1, 0.15) is 5.56 Å². The molecule has 1 aromatic heterocycles. The molecule has 0 saturated heterocycles. The van der Waals surface area contributed by atoms with Crippen LogP contribution in [0.3, 0.4) is 0 Å². The highest BCUT2D eigenvalue weighted by molar-refractivity contribution is 7.99. The van der Waals surface area contributed by atoms with Gasteiger partial charge in [-0.1, -0.05) is 11.8 Å². The number of anilines is 1. The van der Waals surface area contributed by atoms with Gasteiger partial charge in [-0.25, -0.2) is 9.97 Å². The molecule has 0 aliphatic carbocycles. The van der Waals surface area contributed by atoms with Gasteiger partial charge in [0.1, 0.15) is 5.03 Å². The van der Waals surface area contributed by atoms with Crippen molar-refractivity contribution in [2.75, 3.05) is 12.4 Å². The van der Waals surface area contributed by atoms with Gasteiger partial charge in [0.15, 0.2) is 0 Å². The van der Waals surface area contributed by atoms with Crippen molar-refractivity contribution in [1.29, 1.82) is 0 Å². The SMILES string of the molecule is CNc1ncc(C)c(Sc2ccc([N+](=O)[O-])cc2)n1. The molecular formula is C12H12N4O2S. The predicted molar refractivity (Wildman–Crippen MR) is 73.5 cm³/mol. The second kappa shape index (κ2) is 5.66. The van der Waals surface area contributed by atoms with Gasteiger partial charge in [-0.15, -0.1) is 0 Å². The van der Waals surface area contributed by atoms with Crippen LogP contribution in [0.4, 0.5) is 11.6 Å². The summed E-state index contributed by atoms with van der Waals surface area (Å²) >= 11 is 1.45. The van der Waals surface area contributed by atoms with E-state index in [0.717, 1.165) is 15.5 Å². The maximum atomic E-state index is 10.6. The molecule has 0 aliphatic rings. The summed E-state index contributed by atoms with van der Waals surface area (Å²) in [6, 6.07) is 6.39. The van der Waals surface area contributed by atoms with Gasteiger partial charge in [0.25, 0.3) is 5.69 Å². The highest BCUT2D eigenvalue weighted by Crippen LogP contribution is 2.30. The monoisotopic (exact) mass is 276 g/mol. The quantitative estimate of drug-likeness (QED) is 0.525. The zero-order valence-electron chi connectivity index (χ0n) is 10.5. The van der Waals surface area contributed by atoms with Crippen LogP contribution in [0.5, 0.6) is 0 Å². The average molecular weight is 276 g/mol. The third-order valence-corrected chi connectivity index (χ3v) is 3.53. The number of nitrogens with one attached hydrogen (secondary N) is 1. The molecule has 2 rings (SSSR count). The van der Waals surface area contributed by atoms with Gasteiger partial charge >= 0.3 is 0 Å². The number of hydrogen-bond donors (Lipinski definition) is 1. The van der Waals surface area contributed by atoms with E-state index in [1.807, 2.05) is 6.92 Å². The summed E-state index contributed by atoms with van der Waals surface area (Å²) in [7, 11) is 1.75. The van der Waals surface area contributed by atoms with Gasteiger partial charge in [-0.3, -0.25) is 10.1 Å². The summed E-state index contributed by atoms with van der Waals surface area (Å²) in [6.45, 7) is 1.92. The molecule has 6 nitrogen and oxygen atoms in total. The number of nitro groups is 1. The van der Waals surface area contributed by atoms with Crippen LogP contribution in [0, 0.1) is 17.0 Å². The first-order chi connectivity index (χ1) is 9.10. The fourth-order valence-electron chi connectivity index (χ4n) is 1.40. The van der Waals surface area contributed by atoms with E-state index >= 15 is 0 Å². The number of aryl methyl sites for hydroxylation is 1. The molecule has 1 aromatic carbocycles. The Labute approximate surface area is 114 Å². The summed E-state index contributed by atoms with van der Waals surface area (Å²) in [5.41, 5.74) is 1.04. The number of hydrogen-bond acceptors (Lipinski definition) is 6. The third-order valence-electron chi connectivity index (χ3n) is 2.41. The lowest BCUT2D eigenvalue weighted by Crippen LogP contribution is -1.98. The van der Waals surface area contributed by atoms with E-state index in [1.165, 1.54) is 23.9 Å². The minimum atomic E-state index is -0.413. The summed E-state index contributed by atoms with van der Waals surface area (Å²) < 4.78 is 0. The van der Waals surface area contributed by atoms with E-state index in [1.54, 1.807) is 25.4 Å². The summed E-state index contributed by atoms with van der Waals surface area (Å²) in [6.07, 6.45) is 1.74. The van der Waals surface area contributed by atoms with E-state index in [4.69, 9.17) is 0 Å². The predicted octanol–water partition coefficient (Wildman–Crippen LogP) is 2.89. The largest absolute Gasteiger partial charge is 0.357 e. The molecule has 0 bridgehead atoms. The number of aromatic nitrogens is 2. The van der Waals surface area contributed by atoms with Crippen LogP contribution in [-0.2, 0) is 0 Å². The van der Waals surface area contributed by atoms with E-state index in [9.17, 15) is 10.1 Å². The topological polar surface area (TPSA) is 81.0 Å². The Morgan fingerprint density at radius 2 is 2.00 bits per heavy atom. The Morgan fingerprint density at radius 1 is 1.32 bits per heavy atom. The Kier molecular flexibility index (Phi) is 3.96. The fourth-order valence-corrected chi connectivity index (χ4v) is 2.24. The molecule has 1 N–H and O–H groups in total. The van der Waals surface area contributed by atoms with Crippen LogP contribution < -0.4 is 5.32 Å². The normalized spacial score (nSPS) is 10.2. The molecule has 0 spiro atoms. The van der Waals surface area contributed by atoms with Crippen molar-refractivity contribution < 1.29 is 4.92 Å². The Morgan fingerprint density at radius 3 is 2.58 bits per heavy atom. The van der Waals surface area contributed by atoms with Crippen LogP contribution in [0.25, 0.3) is 0 Å². The summed E-state index contributed by atoms with van der Waals surface area (Å²) in [5.74, 6) is 0.551. The third kappa shape index (κ3) is 3.19. The lowest BCUT2D eigenvalue weighted by atomic mass is 10.3. The van der Waals surface area contributed by atoms with E-state index in [2.05, 4.69) is 15.3 Å². The number of nitrogens with zero attached hydrogens (tertiary/aromatic N) is 3. The first-order valence-electron chi connectivity index (χ1n) is 5.54. The molecule has 0 radical (unpaired) electrons. The second-order valence-corrected chi connectivity index (χ2v) is 4.85. The molecule has 7 heteroatoms. The first kappa shape index (κ1) is 13.3. The van der Waals surface area contributed by atoms with Gasteiger partial charge in [-0.05, 0) is 19.1 Å². The molecule has 19 heavy (non-hydrogen) atoms. The Hall–Kier alpha value is -2.15. The zero-order valence-corrected chi connectivity index (χ0v) is 11.3. The average Bonchev–Trinajstić information content (AvgIpc) is 2.42. The van der Waals surface area contributed by atoms with Gasteiger partial charge < -0.3 is 5.32 Å². The van der Waals surface area contributed by atoms with Gasteiger partial charge in [0.2, 0.25) is 5.95 Å². The first-order valence-corrected chi connectivity index (χ1v) is 6.35. The van der Waals surface area contributed by atoms with Gasteiger partial charge in [-0.2, -0.15) is 0 Å². The molecule has 98 valence electrons. The van der Waals surface area contributed by atoms with Crippen molar-refractivity contribution >= 4 is 23.4 Å². The van der Waals surface area contributed by atoms with E-state index < -0.39 is 4.92 Å². The maximum Gasteiger partial charge on any atom is 0.269 e. The molecule has 0 amide bonds. The summed E-state index contributed by atoms with van der Waals surface area (Å²) in [4.78, 5) is 19.5. The molecule has 0 atom stereocenters. The van der Waals surface area contributed by atoms with Crippen LogP contribution in [-0.4, -0.2) is 21.9 Å².